The summed E-state index contributed by atoms with van der Waals surface area (Å²) in [6.07, 6.45) is 3.69. The van der Waals surface area contributed by atoms with Gasteiger partial charge in [-0.3, -0.25) is 4.72 Å². The van der Waals surface area contributed by atoms with Crippen LogP contribution in [0.25, 0.3) is 0 Å². The first-order valence-electron chi connectivity index (χ1n) is 6.83. The van der Waals surface area contributed by atoms with Gasteiger partial charge in [-0.25, -0.2) is 13.4 Å². The molecule has 3 N–H and O–H groups in total. The molecule has 0 aliphatic heterocycles. The number of sulfonamides is 1. The molecule has 0 radical (unpaired) electrons. The average molecular weight is 375 g/mol. The summed E-state index contributed by atoms with van der Waals surface area (Å²) < 4.78 is 55.6. The highest BCUT2D eigenvalue weighted by atomic mass is 32.2. The topological polar surface area (TPSA) is 138 Å². The van der Waals surface area contributed by atoms with Gasteiger partial charge in [-0.2, -0.15) is 8.42 Å². The summed E-state index contributed by atoms with van der Waals surface area (Å²) in [7, 11) is -7.50. The highest BCUT2D eigenvalue weighted by molar-refractivity contribution is 7.92. The quantitative estimate of drug-likeness (QED) is 0.567. The van der Waals surface area contributed by atoms with Crippen LogP contribution in [0.1, 0.15) is 6.42 Å². The largest absolute Gasteiger partial charge is 0.491 e. The molecule has 1 aromatic carbocycles. The summed E-state index contributed by atoms with van der Waals surface area (Å²) in [5.74, 6) is 0.152. The number of rotatable bonds is 8. The van der Waals surface area contributed by atoms with Crippen LogP contribution in [0.4, 0.5) is 5.69 Å². The van der Waals surface area contributed by atoms with E-state index in [1.807, 2.05) is 0 Å². The summed E-state index contributed by atoms with van der Waals surface area (Å²) in [6, 6.07) is 3.85. The monoisotopic (exact) mass is 375 g/mol. The molecule has 2 rings (SSSR count). The third-order valence-electron chi connectivity index (χ3n) is 2.95. The van der Waals surface area contributed by atoms with E-state index in [9.17, 15) is 16.8 Å². The van der Waals surface area contributed by atoms with Gasteiger partial charge in [-0.1, -0.05) is 0 Å². The zero-order chi connectivity index (χ0) is 17.8. The fourth-order valence-corrected chi connectivity index (χ4v) is 3.40. The summed E-state index contributed by atoms with van der Waals surface area (Å²) in [5, 5.41) is 8.62. The number of sulfone groups is 1. The van der Waals surface area contributed by atoms with Crippen LogP contribution < -0.4 is 9.46 Å². The van der Waals surface area contributed by atoms with Crippen molar-refractivity contribution in [2.45, 2.75) is 16.3 Å². The van der Waals surface area contributed by atoms with Crippen molar-refractivity contribution in [1.82, 2.24) is 9.97 Å². The smallest absolute Gasteiger partial charge is 0.279 e. The number of hydrogen-bond acceptors (Lipinski definition) is 7. The second-order valence-electron chi connectivity index (χ2n) is 4.88. The van der Waals surface area contributed by atoms with Crippen LogP contribution in [0.15, 0.2) is 40.6 Å². The molecule has 0 aliphatic carbocycles. The Labute approximate surface area is 139 Å². The molecule has 0 amide bonds. The SMILES string of the molecule is CS(=O)(=O)c1ccc(OCCCO)c(NS(=O)(=O)c2cnc[nH]2)c1. The Hall–Kier alpha value is -2.11. The van der Waals surface area contributed by atoms with Gasteiger partial charge in [-0.15, -0.1) is 0 Å². The summed E-state index contributed by atoms with van der Waals surface area (Å²) in [4.78, 5) is 6.04. The lowest BCUT2D eigenvalue weighted by Crippen LogP contribution is -2.15. The number of benzene rings is 1. The highest BCUT2D eigenvalue weighted by Gasteiger charge is 2.20. The van der Waals surface area contributed by atoms with E-state index in [1.54, 1.807) is 0 Å². The van der Waals surface area contributed by atoms with Crippen LogP contribution in [0.2, 0.25) is 0 Å². The van der Waals surface area contributed by atoms with E-state index in [1.165, 1.54) is 24.5 Å². The van der Waals surface area contributed by atoms with Gasteiger partial charge < -0.3 is 14.8 Å². The van der Waals surface area contributed by atoms with Crippen molar-refractivity contribution in [3.63, 3.8) is 0 Å². The number of nitrogens with one attached hydrogen (secondary N) is 2. The van der Waals surface area contributed by atoms with E-state index in [2.05, 4.69) is 14.7 Å². The summed E-state index contributed by atoms with van der Waals surface area (Å²) in [5.41, 5.74) is -0.0227. The normalized spacial score (nSPS) is 12.1. The molecule has 2 aromatic rings. The maximum atomic E-state index is 12.3. The molecule has 0 bridgehead atoms. The molecule has 0 saturated carbocycles. The predicted octanol–water partition coefficient (Wildman–Crippen LogP) is 0.375. The average Bonchev–Trinajstić information content (AvgIpc) is 3.02. The Kier molecular flexibility index (Phi) is 5.47. The molecule has 1 heterocycles. The van der Waals surface area contributed by atoms with Gasteiger partial charge in [-0.05, 0) is 18.2 Å². The number of imidazole rings is 1. The van der Waals surface area contributed by atoms with Crippen molar-refractivity contribution in [2.24, 2.45) is 0 Å². The Morgan fingerprint density at radius 3 is 2.62 bits per heavy atom. The molecule has 24 heavy (non-hydrogen) atoms. The van der Waals surface area contributed by atoms with E-state index in [0.717, 1.165) is 12.5 Å². The van der Waals surface area contributed by atoms with Crippen molar-refractivity contribution in [3.05, 3.63) is 30.7 Å². The molecular formula is C13H17N3O6S2. The lowest BCUT2D eigenvalue weighted by atomic mass is 10.3. The Balaban J connectivity index is 2.40. The van der Waals surface area contributed by atoms with Gasteiger partial charge in [0, 0.05) is 19.3 Å². The van der Waals surface area contributed by atoms with Crippen LogP contribution in [-0.4, -0.2) is 51.4 Å². The second kappa shape index (κ2) is 7.20. The van der Waals surface area contributed by atoms with Crippen molar-refractivity contribution in [1.29, 1.82) is 0 Å². The van der Waals surface area contributed by atoms with E-state index in [-0.39, 0.29) is 34.6 Å². The van der Waals surface area contributed by atoms with Crippen LogP contribution in [0.3, 0.4) is 0 Å². The number of anilines is 1. The van der Waals surface area contributed by atoms with Gasteiger partial charge in [0.15, 0.2) is 14.9 Å². The Morgan fingerprint density at radius 2 is 2.04 bits per heavy atom. The zero-order valence-corrected chi connectivity index (χ0v) is 14.4. The Morgan fingerprint density at radius 1 is 1.29 bits per heavy atom. The van der Waals surface area contributed by atoms with E-state index in [0.29, 0.717) is 6.42 Å². The van der Waals surface area contributed by atoms with E-state index in [4.69, 9.17) is 9.84 Å². The minimum Gasteiger partial charge on any atom is -0.491 e. The molecule has 0 fully saturated rings. The maximum absolute atomic E-state index is 12.3. The Bertz CT molecular complexity index is 892. The van der Waals surface area contributed by atoms with Gasteiger partial charge in [0.05, 0.1) is 29.7 Å². The van der Waals surface area contributed by atoms with Crippen molar-refractivity contribution < 1.29 is 26.7 Å². The van der Waals surface area contributed by atoms with Crippen LogP contribution in [0.5, 0.6) is 5.75 Å². The zero-order valence-electron chi connectivity index (χ0n) is 12.8. The van der Waals surface area contributed by atoms with E-state index >= 15 is 0 Å². The third kappa shape index (κ3) is 4.46. The standard InChI is InChI=1S/C13H17N3O6S2/c1-23(18,19)10-3-4-12(22-6-2-5-17)11(7-10)16-24(20,21)13-8-14-9-15-13/h3-4,7-9,16-17H,2,5-6H2,1H3,(H,14,15). The minimum absolute atomic E-state index is 0.0227. The van der Waals surface area contributed by atoms with Gasteiger partial charge in [0.2, 0.25) is 0 Å². The van der Waals surface area contributed by atoms with Crippen molar-refractivity contribution >= 4 is 25.5 Å². The van der Waals surface area contributed by atoms with Gasteiger partial charge in [0.25, 0.3) is 10.0 Å². The molecule has 0 saturated heterocycles. The highest BCUT2D eigenvalue weighted by Crippen LogP contribution is 2.29. The van der Waals surface area contributed by atoms with Crippen LogP contribution in [0, 0.1) is 0 Å². The van der Waals surface area contributed by atoms with Gasteiger partial charge >= 0.3 is 0 Å². The molecule has 132 valence electrons. The fourth-order valence-electron chi connectivity index (χ4n) is 1.78. The number of aliphatic hydroxyl groups is 1. The molecule has 0 atom stereocenters. The number of ether oxygens (including phenoxy) is 1. The molecule has 0 aliphatic rings. The van der Waals surface area contributed by atoms with Gasteiger partial charge in [0.1, 0.15) is 5.75 Å². The second-order valence-corrected chi connectivity index (χ2v) is 8.54. The summed E-state index contributed by atoms with van der Waals surface area (Å²) >= 11 is 0. The molecule has 1 aromatic heterocycles. The van der Waals surface area contributed by atoms with E-state index < -0.39 is 19.9 Å². The third-order valence-corrected chi connectivity index (χ3v) is 5.35. The number of aliphatic hydroxyl groups excluding tert-OH is 1. The predicted molar refractivity (Wildman–Crippen MR) is 86.1 cm³/mol. The number of aromatic nitrogens is 2. The number of hydrogen-bond donors (Lipinski definition) is 3. The molecule has 0 unspecified atom stereocenters. The number of H-pyrrole nitrogens is 1. The van der Waals surface area contributed by atoms with Crippen LogP contribution >= 0.6 is 0 Å². The lowest BCUT2D eigenvalue weighted by molar-refractivity contribution is 0.234. The lowest BCUT2D eigenvalue weighted by Gasteiger charge is -2.14. The first-order chi connectivity index (χ1) is 11.2. The van der Waals surface area contributed by atoms with Crippen molar-refractivity contribution in [2.75, 3.05) is 24.2 Å². The maximum Gasteiger partial charge on any atom is 0.279 e. The first kappa shape index (κ1) is 18.2. The summed E-state index contributed by atoms with van der Waals surface area (Å²) in [6.45, 7) is 0.0597. The molecule has 0 spiro atoms. The first-order valence-corrected chi connectivity index (χ1v) is 10.2. The van der Waals surface area contributed by atoms with Crippen molar-refractivity contribution in [3.8, 4) is 5.75 Å². The molecule has 9 nitrogen and oxygen atoms in total. The molecular weight excluding hydrogens is 358 g/mol. The fraction of sp³-hybridized carbons (Fsp3) is 0.308. The number of nitrogens with zero attached hydrogens (tertiary/aromatic N) is 1. The minimum atomic E-state index is -3.98. The number of aromatic amines is 1. The molecule has 11 heteroatoms. The van der Waals surface area contributed by atoms with Crippen LogP contribution in [-0.2, 0) is 19.9 Å².